The van der Waals surface area contributed by atoms with Gasteiger partial charge in [-0.15, -0.1) is 0 Å². The molecular weight excluding hydrogens is 308 g/mol. The lowest BCUT2D eigenvalue weighted by Gasteiger charge is -2.34. The van der Waals surface area contributed by atoms with Crippen molar-refractivity contribution in [3.8, 4) is 0 Å². The fraction of sp³-hybridized carbons (Fsp3) is 0.882. The van der Waals surface area contributed by atoms with Crippen LogP contribution in [0.3, 0.4) is 0 Å². The van der Waals surface area contributed by atoms with Crippen molar-refractivity contribution in [1.29, 1.82) is 0 Å². The van der Waals surface area contributed by atoms with E-state index >= 15 is 0 Å². The summed E-state index contributed by atoms with van der Waals surface area (Å²) in [6.45, 7) is 9.47. The maximum absolute atomic E-state index is 12.1. The summed E-state index contributed by atoms with van der Waals surface area (Å²) in [6.07, 6.45) is 4.11. The van der Waals surface area contributed by atoms with Gasteiger partial charge in [0.15, 0.2) is 0 Å². The van der Waals surface area contributed by atoms with E-state index in [0.717, 1.165) is 45.4 Å². The molecule has 138 valence electrons. The van der Waals surface area contributed by atoms with Gasteiger partial charge in [0.1, 0.15) is 0 Å². The van der Waals surface area contributed by atoms with Gasteiger partial charge in [-0.25, -0.2) is 9.59 Å². The van der Waals surface area contributed by atoms with Crippen molar-refractivity contribution >= 4 is 12.1 Å². The van der Waals surface area contributed by atoms with E-state index in [1.807, 2.05) is 25.7 Å². The number of piperidine rings is 1. The monoisotopic (exact) mass is 340 g/mol. The molecule has 0 unspecified atom stereocenters. The number of amides is 4. The molecule has 0 saturated carbocycles. The number of likely N-dealkylation sites (tertiary alicyclic amines) is 1. The van der Waals surface area contributed by atoms with E-state index in [0.29, 0.717) is 19.0 Å². The molecule has 0 aliphatic carbocycles. The molecule has 24 heavy (non-hydrogen) atoms. The van der Waals surface area contributed by atoms with Crippen LogP contribution in [0.4, 0.5) is 9.59 Å². The van der Waals surface area contributed by atoms with E-state index in [1.165, 1.54) is 0 Å². The summed E-state index contributed by atoms with van der Waals surface area (Å²) < 4.78 is 5.48. The molecule has 2 heterocycles. The van der Waals surface area contributed by atoms with Gasteiger partial charge in [-0.2, -0.15) is 0 Å². The molecule has 0 radical (unpaired) electrons. The SMILES string of the molecule is CC(C)(C)NC(=O)N1CCC(CNC(=O)NC[C@@H]2CCCO2)CC1. The minimum absolute atomic E-state index is 0.00298. The number of urea groups is 2. The van der Waals surface area contributed by atoms with Gasteiger partial charge >= 0.3 is 12.1 Å². The van der Waals surface area contributed by atoms with Gasteiger partial charge in [-0.3, -0.25) is 0 Å². The molecule has 2 aliphatic rings. The maximum Gasteiger partial charge on any atom is 0.317 e. The van der Waals surface area contributed by atoms with Crippen molar-refractivity contribution in [2.45, 2.75) is 58.1 Å². The Balaban J connectivity index is 1.58. The van der Waals surface area contributed by atoms with Crippen LogP contribution in [0.15, 0.2) is 0 Å². The van der Waals surface area contributed by atoms with Crippen LogP contribution >= 0.6 is 0 Å². The van der Waals surface area contributed by atoms with E-state index in [4.69, 9.17) is 4.74 Å². The van der Waals surface area contributed by atoms with Gasteiger partial charge in [0.2, 0.25) is 0 Å². The van der Waals surface area contributed by atoms with E-state index in [1.54, 1.807) is 0 Å². The number of nitrogens with zero attached hydrogens (tertiary/aromatic N) is 1. The number of rotatable bonds is 4. The van der Waals surface area contributed by atoms with Crippen molar-refractivity contribution in [2.24, 2.45) is 5.92 Å². The summed E-state index contributed by atoms with van der Waals surface area (Å²) in [5.74, 6) is 0.428. The molecule has 0 aromatic heterocycles. The lowest BCUT2D eigenvalue weighted by molar-refractivity contribution is 0.111. The second-order valence-electron chi connectivity index (χ2n) is 7.84. The molecule has 7 heteroatoms. The minimum atomic E-state index is -0.212. The molecule has 2 saturated heterocycles. The summed E-state index contributed by atoms with van der Waals surface area (Å²) in [7, 11) is 0. The Hall–Kier alpha value is -1.50. The molecule has 2 fully saturated rings. The first-order valence-corrected chi connectivity index (χ1v) is 9.04. The first-order valence-electron chi connectivity index (χ1n) is 9.04. The van der Waals surface area contributed by atoms with Gasteiger partial charge < -0.3 is 25.6 Å². The summed E-state index contributed by atoms with van der Waals surface area (Å²) in [6, 6.07) is -0.123. The minimum Gasteiger partial charge on any atom is -0.376 e. The highest BCUT2D eigenvalue weighted by atomic mass is 16.5. The summed E-state index contributed by atoms with van der Waals surface area (Å²) >= 11 is 0. The largest absolute Gasteiger partial charge is 0.376 e. The van der Waals surface area contributed by atoms with Crippen LogP contribution in [0.2, 0.25) is 0 Å². The average Bonchev–Trinajstić information content (AvgIpc) is 3.03. The molecule has 0 bridgehead atoms. The molecule has 0 spiro atoms. The number of carbonyl (C=O) groups excluding carboxylic acids is 2. The highest BCUT2D eigenvalue weighted by Gasteiger charge is 2.25. The van der Waals surface area contributed by atoms with E-state index < -0.39 is 0 Å². The third-order valence-electron chi connectivity index (χ3n) is 4.45. The number of ether oxygens (including phenoxy) is 1. The third-order valence-corrected chi connectivity index (χ3v) is 4.45. The molecule has 3 N–H and O–H groups in total. The first-order chi connectivity index (χ1) is 11.3. The smallest absolute Gasteiger partial charge is 0.317 e. The third kappa shape index (κ3) is 6.55. The van der Waals surface area contributed by atoms with Gasteiger partial charge in [-0.05, 0) is 52.4 Å². The number of hydrogen-bond donors (Lipinski definition) is 3. The molecule has 1 atom stereocenters. The average molecular weight is 340 g/mol. The zero-order valence-corrected chi connectivity index (χ0v) is 15.2. The topological polar surface area (TPSA) is 82.7 Å². The van der Waals surface area contributed by atoms with Crippen LogP contribution in [-0.4, -0.2) is 61.4 Å². The Morgan fingerprint density at radius 3 is 2.33 bits per heavy atom. The zero-order valence-electron chi connectivity index (χ0n) is 15.2. The standard InChI is InChI=1S/C17H32N4O3/c1-17(2,3)20-16(23)21-8-6-13(7-9-21)11-18-15(22)19-12-14-5-4-10-24-14/h13-14H,4-12H2,1-3H3,(H,20,23)(H2,18,19,22)/t14-/m0/s1. The lowest BCUT2D eigenvalue weighted by Crippen LogP contribution is -2.51. The maximum atomic E-state index is 12.1. The van der Waals surface area contributed by atoms with Crippen molar-refractivity contribution in [3.63, 3.8) is 0 Å². The van der Waals surface area contributed by atoms with Crippen LogP contribution in [-0.2, 0) is 4.74 Å². The van der Waals surface area contributed by atoms with E-state index in [-0.39, 0.29) is 23.7 Å². The predicted octanol–water partition coefficient (Wildman–Crippen LogP) is 1.68. The number of hydrogen-bond acceptors (Lipinski definition) is 3. The van der Waals surface area contributed by atoms with Crippen LogP contribution in [0.5, 0.6) is 0 Å². The van der Waals surface area contributed by atoms with Crippen LogP contribution < -0.4 is 16.0 Å². The Kier molecular flexibility index (Phi) is 6.71. The van der Waals surface area contributed by atoms with Gasteiger partial charge in [0.25, 0.3) is 0 Å². The van der Waals surface area contributed by atoms with E-state index in [2.05, 4.69) is 16.0 Å². The Bertz CT molecular complexity index is 422. The van der Waals surface area contributed by atoms with E-state index in [9.17, 15) is 9.59 Å². The summed E-state index contributed by atoms with van der Waals surface area (Å²) in [5.41, 5.74) is -0.212. The van der Waals surface area contributed by atoms with Gasteiger partial charge in [0, 0.05) is 38.3 Å². The van der Waals surface area contributed by atoms with Gasteiger partial charge in [-0.1, -0.05) is 0 Å². The van der Waals surface area contributed by atoms with Crippen molar-refractivity contribution in [2.75, 3.05) is 32.8 Å². The Morgan fingerprint density at radius 2 is 1.75 bits per heavy atom. The Morgan fingerprint density at radius 1 is 1.08 bits per heavy atom. The van der Waals surface area contributed by atoms with Gasteiger partial charge in [0.05, 0.1) is 6.10 Å². The zero-order chi connectivity index (χ0) is 17.6. The van der Waals surface area contributed by atoms with Crippen molar-refractivity contribution < 1.29 is 14.3 Å². The summed E-state index contributed by atoms with van der Waals surface area (Å²) in [4.78, 5) is 25.8. The van der Waals surface area contributed by atoms with Crippen LogP contribution in [0.25, 0.3) is 0 Å². The molecule has 7 nitrogen and oxygen atoms in total. The fourth-order valence-corrected chi connectivity index (χ4v) is 3.05. The lowest BCUT2D eigenvalue weighted by atomic mass is 9.97. The quantitative estimate of drug-likeness (QED) is 0.728. The fourth-order valence-electron chi connectivity index (χ4n) is 3.05. The van der Waals surface area contributed by atoms with Crippen molar-refractivity contribution in [1.82, 2.24) is 20.9 Å². The van der Waals surface area contributed by atoms with Crippen molar-refractivity contribution in [3.05, 3.63) is 0 Å². The molecule has 4 amide bonds. The second-order valence-corrected chi connectivity index (χ2v) is 7.84. The van der Waals surface area contributed by atoms with Crippen LogP contribution in [0.1, 0.15) is 46.5 Å². The highest BCUT2D eigenvalue weighted by molar-refractivity contribution is 5.75. The number of nitrogens with one attached hydrogen (secondary N) is 3. The molecule has 2 aliphatic heterocycles. The predicted molar refractivity (Wildman–Crippen MR) is 93.0 cm³/mol. The highest BCUT2D eigenvalue weighted by Crippen LogP contribution is 2.17. The Labute approximate surface area is 144 Å². The second kappa shape index (κ2) is 8.55. The molecule has 2 rings (SSSR count). The summed E-state index contributed by atoms with van der Waals surface area (Å²) in [5, 5.41) is 8.79. The first kappa shape index (κ1) is 18.8. The van der Waals surface area contributed by atoms with Crippen LogP contribution in [0, 0.1) is 5.92 Å². The molecule has 0 aromatic carbocycles. The number of carbonyl (C=O) groups is 2. The molecule has 0 aromatic rings. The normalized spacial score (nSPS) is 22.3. The molecular formula is C17H32N4O3.